The van der Waals surface area contributed by atoms with Crippen molar-refractivity contribution in [1.29, 1.82) is 0 Å². The lowest BCUT2D eigenvalue weighted by atomic mass is 10.1. The smallest absolute Gasteiger partial charge is 0.341 e. The van der Waals surface area contributed by atoms with Gasteiger partial charge in [-0.15, -0.1) is 11.3 Å². The maximum atomic E-state index is 12.6. The Morgan fingerprint density at radius 1 is 1.29 bits per heavy atom. The molecule has 0 unspecified atom stereocenters. The van der Waals surface area contributed by atoms with E-state index in [2.05, 4.69) is 5.32 Å². The molecule has 0 spiro atoms. The molecule has 0 bridgehead atoms. The van der Waals surface area contributed by atoms with E-state index in [1.807, 2.05) is 38.3 Å². The van der Waals surface area contributed by atoms with Crippen LogP contribution in [0, 0.1) is 6.92 Å². The number of esters is 1. The summed E-state index contributed by atoms with van der Waals surface area (Å²) in [4.78, 5) is 26.4. The number of quaternary nitrogens is 1. The SMILES string of the molecule is CCOC(=O)c1c(-c2ccc(C)o2)csc1NC(=O)C[NH+]1C[C@@H](C)O[C@H](C)C1. The third-order valence-corrected chi connectivity index (χ3v) is 5.45. The summed E-state index contributed by atoms with van der Waals surface area (Å²) < 4.78 is 16.6. The number of furan rings is 1. The quantitative estimate of drug-likeness (QED) is 0.717. The molecule has 1 saturated heterocycles. The number of hydrogen-bond acceptors (Lipinski definition) is 6. The van der Waals surface area contributed by atoms with Gasteiger partial charge in [0.2, 0.25) is 0 Å². The van der Waals surface area contributed by atoms with Gasteiger partial charge in [-0.25, -0.2) is 4.79 Å². The van der Waals surface area contributed by atoms with Crippen LogP contribution < -0.4 is 10.2 Å². The normalized spacial score (nSPS) is 22.1. The highest BCUT2D eigenvalue weighted by atomic mass is 32.1. The summed E-state index contributed by atoms with van der Waals surface area (Å²) in [5.74, 6) is 0.731. The first-order valence-electron chi connectivity index (χ1n) is 9.51. The molecular weight excluding hydrogens is 380 g/mol. The molecule has 152 valence electrons. The molecule has 8 heteroatoms. The minimum Gasteiger partial charge on any atom is -0.462 e. The van der Waals surface area contributed by atoms with E-state index in [9.17, 15) is 9.59 Å². The van der Waals surface area contributed by atoms with Crippen LogP contribution in [0.3, 0.4) is 0 Å². The topological polar surface area (TPSA) is 82.2 Å². The van der Waals surface area contributed by atoms with E-state index < -0.39 is 5.97 Å². The molecule has 1 aliphatic heterocycles. The number of carbonyl (C=O) groups is 2. The second-order valence-electron chi connectivity index (χ2n) is 7.12. The molecule has 2 aromatic heterocycles. The van der Waals surface area contributed by atoms with Gasteiger partial charge in [-0.05, 0) is 39.8 Å². The summed E-state index contributed by atoms with van der Waals surface area (Å²) in [5.41, 5.74) is 0.973. The molecule has 1 amide bonds. The van der Waals surface area contributed by atoms with Crippen LogP contribution in [0.5, 0.6) is 0 Å². The van der Waals surface area contributed by atoms with Gasteiger partial charge in [-0.1, -0.05) is 0 Å². The van der Waals surface area contributed by atoms with Crippen LogP contribution in [0.1, 0.15) is 36.9 Å². The van der Waals surface area contributed by atoms with Gasteiger partial charge in [0.15, 0.2) is 6.54 Å². The minimum absolute atomic E-state index is 0.122. The molecule has 2 N–H and O–H groups in total. The molecule has 0 radical (unpaired) electrons. The first-order valence-corrected chi connectivity index (χ1v) is 10.4. The van der Waals surface area contributed by atoms with Crippen molar-refractivity contribution in [2.45, 2.75) is 39.9 Å². The highest BCUT2D eigenvalue weighted by Crippen LogP contribution is 2.37. The van der Waals surface area contributed by atoms with E-state index in [1.54, 1.807) is 6.92 Å². The van der Waals surface area contributed by atoms with Crippen LogP contribution in [0.2, 0.25) is 0 Å². The third kappa shape index (κ3) is 4.81. The molecule has 2 atom stereocenters. The Balaban J connectivity index is 1.78. The molecule has 1 fully saturated rings. The maximum Gasteiger partial charge on any atom is 0.341 e. The number of carbonyl (C=O) groups excluding carboxylic acids is 2. The van der Waals surface area contributed by atoms with Crippen LogP contribution in [0.4, 0.5) is 5.00 Å². The van der Waals surface area contributed by atoms with Gasteiger partial charge >= 0.3 is 5.97 Å². The Morgan fingerprint density at radius 3 is 2.61 bits per heavy atom. The lowest BCUT2D eigenvalue weighted by molar-refractivity contribution is -0.907. The van der Waals surface area contributed by atoms with Crippen molar-refractivity contribution in [3.05, 3.63) is 28.8 Å². The Kier molecular flexibility index (Phi) is 6.53. The fraction of sp³-hybridized carbons (Fsp3) is 0.500. The zero-order valence-electron chi connectivity index (χ0n) is 16.7. The fourth-order valence-electron chi connectivity index (χ4n) is 3.55. The number of aryl methyl sites for hydroxylation is 1. The van der Waals surface area contributed by atoms with Crippen LogP contribution in [-0.4, -0.2) is 50.3 Å². The minimum atomic E-state index is -0.468. The van der Waals surface area contributed by atoms with E-state index in [0.29, 0.717) is 28.4 Å². The van der Waals surface area contributed by atoms with Gasteiger partial charge in [-0.2, -0.15) is 0 Å². The van der Waals surface area contributed by atoms with Crippen LogP contribution in [0.25, 0.3) is 11.3 Å². The van der Waals surface area contributed by atoms with Gasteiger partial charge in [0, 0.05) is 10.9 Å². The Hall–Kier alpha value is -2.16. The average molecular weight is 408 g/mol. The van der Waals surface area contributed by atoms with Gasteiger partial charge in [-0.3, -0.25) is 4.79 Å². The van der Waals surface area contributed by atoms with Crippen molar-refractivity contribution in [2.24, 2.45) is 0 Å². The van der Waals surface area contributed by atoms with Crippen LogP contribution in [0.15, 0.2) is 21.9 Å². The zero-order valence-corrected chi connectivity index (χ0v) is 17.5. The predicted octanol–water partition coefficient (Wildman–Crippen LogP) is 2.12. The largest absolute Gasteiger partial charge is 0.462 e. The molecule has 0 saturated carbocycles. The summed E-state index contributed by atoms with van der Waals surface area (Å²) in [5, 5.41) is 5.20. The van der Waals surface area contributed by atoms with Crippen molar-refractivity contribution < 1.29 is 28.4 Å². The average Bonchev–Trinajstić information content (AvgIpc) is 3.20. The van der Waals surface area contributed by atoms with E-state index in [0.717, 1.165) is 18.8 Å². The van der Waals surface area contributed by atoms with Crippen molar-refractivity contribution in [2.75, 3.05) is 31.6 Å². The van der Waals surface area contributed by atoms with Crippen LogP contribution in [-0.2, 0) is 14.3 Å². The van der Waals surface area contributed by atoms with Crippen molar-refractivity contribution in [3.8, 4) is 11.3 Å². The van der Waals surface area contributed by atoms with Gasteiger partial charge in [0.1, 0.15) is 47.4 Å². The summed E-state index contributed by atoms with van der Waals surface area (Å²) >= 11 is 1.30. The molecule has 7 nitrogen and oxygen atoms in total. The molecule has 0 aliphatic carbocycles. The van der Waals surface area contributed by atoms with Crippen molar-refractivity contribution in [1.82, 2.24) is 0 Å². The first-order chi connectivity index (χ1) is 13.4. The number of thiophene rings is 1. The van der Waals surface area contributed by atoms with E-state index in [1.165, 1.54) is 16.2 Å². The molecule has 1 aliphatic rings. The van der Waals surface area contributed by atoms with Gasteiger partial charge in [0.25, 0.3) is 5.91 Å². The number of anilines is 1. The number of morpholine rings is 1. The second-order valence-corrected chi connectivity index (χ2v) is 8.00. The van der Waals surface area contributed by atoms with Gasteiger partial charge < -0.3 is 24.1 Å². The summed E-state index contributed by atoms with van der Waals surface area (Å²) in [6.07, 6.45) is 0.245. The number of amides is 1. The summed E-state index contributed by atoms with van der Waals surface area (Å²) in [6, 6.07) is 3.65. The molecule has 2 aromatic rings. The number of ether oxygens (including phenoxy) is 2. The zero-order chi connectivity index (χ0) is 20.3. The molecule has 28 heavy (non-hydrogen) atoms. The predicted molar refractivity (Wildman–Crippen MR) is 107 cm³/mol. The number of hydrogen-bond donors (Lipinski definition) is 2. The van der Waals surface area contributed by atoms with E-state index in [-0.39, 0.29) is 24.7 Å². The summed E-state index contributed by atoms with van der Waals surface area (Å²) in [6.45, 7) is 9.78. The molecular formula is C20H27N2O5S+. The highest BCUT2D eigenvalue weighted by Gasteiger charge is 2.29. The third-order valence-electron chi connectivity index (χ3n) is 4.56. The monoisotopic (exact) mass is 407 g/mol. The second kappa shape index (κ2) is 8.89. The Labute approximate surface area is 168 Å². The standard InChI is InChI=1S/C20H26N2O5S/c1-5-25-20(24)18-15(16-7-6-12(2)27-16)11-28-19(18)21-17(23)10-22-8-13(3)26-14(4)9-22/h6-7,11,13-14H,5,8-10H2,1-4H3,(H,21,23)/p+1/t13-,14-/m1/s1. The molecule has 3 heterocycles. The van der Waals surface area contributed by atoms with Crippen molar-refractivity contribution in [3.63, 3.8) is 0 Å². The first kappa shape index (κ1) is 20.6. The van der Waals surface area contributed by atoms with Crippen molar-refractivity contribution >= 4 is 28.2 Å². The lowest BCUT2D eigenvalue weighted by Gasteiger charge is -2.31. The molecule has 0 aromatic carbocycles. The number of rotatable bonds is 6. The Bertz CT molecular complexity index is 834. The van der Waals surface area contributed by atoms with Crippen LogP contribution >= 0.6 is 11.3 Å². The highest BCUT2D eigenvalue weighted by molar-refractivity contribution is 7.15. The summed E-state index contributed by atoms with van der Waals surface area (Å²) in [7, 11) is 0. The van der Waals surface area contributed by atoms with Gasteiger partial charge in [0.05, 0.1) is 6.61 Å². The van der Waals surface area contributed by atoms with E-state index in [4.69, 9.17) is 13.9 Å². The number of nitrogens with one attached hydrogen (secondary N) is 2. The lowest BCUT2D eigenvalue weighted by Crippen LogP contribution is -3.16. The Morgan fingerprint density at radius 2 is 2.00 bits per heavy atom. The maximum absolute atomic E-state index is 12.6. The van der Waals surface area contributed by atoms with E-state index >= 15 is 0 Å². The fourth-order valence-corrected chi connectivity index (χ4v) is 4.50. The molecule has 3 rings (SSSR count).